The highest BCUT2D eigenvalue weighted by atomic mass is 16.6. The van der Waals surface area contributed by atoms with Crippen LogP contribution in [-0.4, -0.2) is 47.1 Å². The van der Waals surface area contributed by atoms with Crippen molar-refractivity contribution in [3.05, 3.63) is 82.9 Å². The number of carbonyl (C=O) groups is 6. The van der Waals surface area contributed by atoms with Crippen LogP contribution in [0.4, 0.5) is 21.0 Å². The summed E-state index contributed by atoms with van der Waals surface area (Å²) in [7, 11) is 0. The molecule has 12 heteroatoms. The predicted octanol–water partition coefficient (Wildman–Crippen LogP) is 5.82. The van der Waals surface area contributed by atoms with E-state index in [0.717, 1.165) is 9.80 Å². The molecule has 4 unspecified atom stereocenters. The fraction of sp³-hybridized carbons (Fsp3) is 0.333. The number of ether oxygens (including phenoxy) is 4. The van der Waals surface area contributed by atoms with Gasteiger partial charge < -0.3 is 18.9 Å². The smallest absolute Gasteiger partial charge is 0.421 e. The first-order chi connectivity index (χ1) is 22.6. The van der Waals surface area contributed by atoms with Crippen LogP contribution in [0.5, 0.6) is 11.5 Å². The van der Waals surface area contributed by atoms with Gasteiger partial charge in [-0.15, -0.1) is 0 Å². The minimum absolute atomic E-state index is 0.0933. The van der Waals surface area contributed by atoms with Gasteiger partial charge in [0.2, 0.25) is 11.8 Å². The van der Waals surface area contributed by atoms with E-state index in [-0.39, 0.29) is 11.5 Å². The second-order valence-electron chi connectivity index (χ2n) is 14.1. The fourth-order valence-corrected chi connectivity index (χ4v) is 6.81. The van der Waals surface area contributed by atoms with Crippen LogP contribution in [-0.2, 0) is 28.7 Å². The summed E-state index contributed by atoms with van der Waals surface area (Å²) >= 11 is 0. The van der Waals surface area contributed by atoms with E-state index in [1.807, 2.05) is 0 Å². The van der Waals surface area contributed by atoms with E-state index in [2.05, 4.69) is 0 Å². The summed E-state index contributed by atoms with van der Waals surface area (Å²) < 4.78 is 22.4. The molecular weight excluding hydrogens is 620 g/mol. The quantitative estimate of drug-likeness (QED) is 0.245. The van der Waals surface area contributed by atoms with Gasteiger partial charge in [0.25, 0.3) is 0 Å². The van der Waals surface area contributed by atoms with Gasteiger partial charge in [0, 0.05) is 11.1 Å². The third-order valence-electron chi connectivity index (χ3n) is 8.56. The second-order valence-corrected chi connectivity index (χ2v) is 14.1. The van der Waals surface area contributed by atoms with Crippen molar-refractivity contribution in [2.45, 2.75) is 76.4 Å². The third-order valence-corrected chi connectivity index (χ3v) is 8.56. The van der Waals surface area contributed by atoms with Crippen LogP contribution in [0, 0.1) is 0 Å². The molecule has 246 valence electrons. The highest BCUT2D eigenvalue weighted by molar-refractivity contribution is 6.22. The number of rotatable bonds is 2. The number of para-hydroxylation sites is 2. The fourth-order valence-electron chi connectivity index (χ4n) is 6.81. The zero-order chi connectivity index (χ0) is 34.4. The lowest BCUT2D eigenvalue weighted by molar-refractivity contribution is -0.136. The standard InChI is InChI=1S/C36H32N2O10/c1-35(2,3)47-33(43)37-21-13-9-7-11-17(21)25(29(37)39)27-19-15-24-20(16-23(19)45-31(27)41)28(32(42)46-24)26-18-12-8-10-14-22(18)38(30(26)40)34(44)48-36(4,5)6/h7-16,25-28H,1-6H3. The van der Waals surface area contributed by atoms with Crippen molar-refractivity contribution in [2.75, 3.05) is 9.80 Å². The molecule has 0 fully saturated rings. The summed E-state index contributed by atoms with van der Waals surface area (Å²) in [6.07, 6.45) is -1.75. The van der Waals surface area contributed by atoms with E-state index in [0.29, 0.717) is 33.6 Å². The number of anilines is 2. The molecule has 0 spiro atoms. The lowest BCUT2D eigenvalue weighted by Gasteiger charge is -2.24. The Bertz CT molecular complexity index is 1830. The van der Waals surface area contributed by atoms with Crippen LogP contribution in [0.1, 0.15) is 87.5 Å². The summed E-state index contributed by atoms with van der Waals surface area (Å²) in [4.78, 5) is 83.1. The van der Waals surface area contributed by atoms with Crippen molar-refractivity contribution in [1.82, 2.24) is 0 Å². The third kappa shape index (κ3) is 4.81. The van der Waals surface area contributed by atoms with Crippen molar-refractivity contribution < 1.29 is 47.7 Å². The zero-order valence-electron chi connectivity index (χ0n) is 27.1. The Labute approximate surface area is 275 Å². The Kier molecular flexibility index (Phi) is 6.80. The van der Waals surface area contributed by atoms with Gasteiger partial charge in [-0.2, -0.15) is 0 Å². The maximum absolute atomic E-state index is 13.9. The molecular formula is C36H32N2O10. The molecule has 0 saturated heterocycles. The molecule has 0 N–H and O–H groups in total. The highest BCUT2D eigenvalue weighted by Gasteiger charge is 2.55. The van der Waals surface area contributed by atoms with Crippen molar-refractivity contribution >= 4 is 47.3 Å². The number of imide groups is 2. The van der Waals surface area contributed by atoms with Gasteiger partial charge in [-0.1, -0.05) is 36.4 Å². The van der Waals surface area contributed by atoms with Crippen LogP contribution in [0.15, 0.2) is 60.7 Å². The van der Waals surface area contributed by atoms with Gasteiger partial charge >= 0.3 is 24.1 Å². The van der Waals surface area contributed by atoms with Crippen LogP contribution in [0.2, 0.25) is 0 Å². The molecule has 12 nitrogen and oxygen atoms in total. The molecule has 4 amide bonds. The van der Waals surface area contributed by atoms with Gasteiger partial charge in [0.15, 0.2) is 0 Å². The molecule has 4 atom stereocenters. The maximum atomic E-state index is 13.9. The number of benzene rings is 3. The first-order valence-electron chi connectivity index (χ1n) is 15.5. The number of hydrogen-bond donors (Lipinski definition) is 0. The molecule has 3 aromatic rings. The Morgan fingerprint density at radius 2 is 0.917 bits per heavy atom. The van der Waals surface area contributed by atoms with Gasteiger partial charge in [-0.25, -0.2) is 19.4 Å². The molecule has 48 heavy (non-hydrogen) atoms. The summed E-state index contributed by atoms with van der Waals surface area (Å²) in [5.74, 6) is -7.17. The van der Waals surface area contributed by atoms with Gasteiger partial charge in [0.05, 0.1) is 23.2 Å². The van der Waals surface area contributed by atoms with Crippen LogP contribution in [0.25, 0.3) is 0 Å². The summed E-state index contributed by atoms with van der Waals surface area (Å²) in [6.45, 7) is 10.1. The normalized spacial score (nSPS) is 22.5. The topological polar surface area (TPSA) is 146 Å². The van der Waals surface area contributed by atoms with Crippen LogP contribution >= 0.6 is 0 Å². The summed E-state index contributed by atoms with van der Waals surface area (Å²) in [6, 6.07) is 16.2. The minimum atomic E-state index is -1.17. The van der Waals surface area contributed by atoms with Crippen molar-refractivity contribution in [3.8, 4) is 11.5 Å². The Morgan fingerprint density at radius 3 is 1.27 bits per heavy atom. The van der Waals surface area contributed by atoms with E-state index in [1.54, 1.807) is 90.1 Å². The number of amides is 4. The molecule has 3 aromatic carbocycles. The van der Waals surface area contributed by atoms with Gasteiger partial charge in [-0.05, 0) is 76.9 Å². The molecule has 7 rings (SSSR count). The molecule has 0 bridgehead atoms. The second kappa shape index (κ2) is 10.5. The van der Waals surface area contributed by atoms with E-state index in [1.165, 1.54) is 12.1 Å². The number of nitrogens with zero attached hydrogens (tertiary/aromatic N) is 2. The van der Waals surface area contributed by atoms with E-state index < -0.39 is 70.8 Å². The minimum Gasteiger partial charge on any atom is -0.443 e. The Balaban J connectivity index is 1.26. The van der Waals surface area contributed by atoms with Gasteiger partial charge in [-0.3, -0.25) is 19.2 Å². The van der Waals surface area contributed by atoms with E-state index in [9.17, 15) is 28.8 Å². The first-order valence-corrected chi connectivity index (χ1v) is 15.5. The van der Waals surface area contributed by atoms with Crippen LogP contribution in [0.3, 0.4) is 0 Å². The Morgan fingerprint density at radius 1 is 0.562 bits per heavy atom. The lowest BCUT2D eigenvalue weighted by atomic mass is 9.80. The molecule has 0 aromatic heterocycles. The molecule has 0 saturated carbocycles. The summed E-state index contributed by atoms with van der Waals surface area (Å²) in [5.41, 5.74) is 0.292. The highest BCUT2D eigenvalue weighted by Crippen LogP contribution is 2.56. The van der Waals surface area contributed by atoms with Crippen LogP contribution < -0.4 is 19.3 Å². The first kappa shape index (κ1) is 31.1. The Hall–Kier alpha value is -5.52. The number of fused-ring (bicyclic) bond motifs is 4. The lowest BCUT2D eigenvalue weighted by Crippen LogP contribution is -2.40. The predicted molar refractivity (Wildman–Crippen MR) is 169 cm³/mol. The average molecular weight is 653 g/mol. The molecule has 4 heterocycles. The molecule has 0 radical (unpaired) electrons. The molecule has 4 aliphatic heterocycles. The largest absolute Gasteiger partial charge is 0.443 e. The zero-order valence-corrected chi connectivity index (χ0v) is 27.1. The van der Waals surface area contributed by atoms with E-state index in [4.69, 9.17) is 18.9 Å². The number of carbonyl (C=O) groups excluding carboxylic acids is 6. The SMILES string of the molecule is CC(C)(C)OC(=O)N1C(=O)C(C2C(=O)Oc3cc4c(cc32)OC(=O)C4C2C(=O)N(C(=O)OC(C)(C)C)c3ccccc32)c2ccccc21. The van der Waals surface area contributed by atoms with Crippen molar-refractivity contribution in [2.24, 2.45) is 0 Å². The van der Waals surface area contributed by atoms with E-state index >= 15 is 0 Å². The molecule has 0 aliphatic carbocycles. The number of hydrogen-bond acceptors (Lipinski definition) is 10. The number of esters is 2. The molecule has 4 aliphatic rings. The monoisotopic (exact) mass is 652 g/mol. The average Bonchev–Trinajstić information content (AvgIpc) is 3.65. The van der Waals surface area contributed by atoms with Crippen molar-refractivity contribution in [1.29, 1.82) is 0 Å². The summed E-state index contributed by atoms with van der Waals surface area (Å²) in [5, 5.41) is 0. The van der Waals surface area contributed by atoms with Crippen molar-refractivity contribution in [3.63, 3.8) is 0 Å². The maximum Gasteiger partial charge on any atom is 0.421 e. The van der Waals surface area contributed by atoms with Gasteiger partial charge in [0.1, 0.15) is 34.5 Å².